The monoisotopic (exact) mass is 529 g/mol. The molecule has 1 saturated heterocycles. The van der Waals surface area contributed by atoms with E-state index < -0.39 is 0 Å². The molecule has 2 heterocycles. The zero-order valence-electron chi connectivity index (χ0n) is 18.7. The van der Waals surface area contributed by atoms with Crippen LogP contribution in [0.25, 0.3) is 0 Å². The predicted molar refractivity (Wildman–Crippen MR) is 136 cm³/mol. The van der Waals surface area contributed by atoms with E-state index in [1.54, 1.807) is 0 Å². The summed E-state index contributed by atoms with van der Waals surface area (Å²) in [5.41, 5.74) is 2.99. The molecule has 1 unspecified atom stereocenters. The highest BCUT2D eigenvalue weighted by Crippen LogP contribution is 2.21. The van der Waals surface area contributed by atoms with Crippen molar-refractivity contribution in [2.75, 3.05) is 59.0 Å². The van der Waals surface area contributed by atoms with Crippen LogP contribution < -0.4 is 10.6 Å². The Balaban J connectivity index is 0.00000320. The third kappa shape index (κ3) is 7.98. The molecule has 3 rings (SSSR count). The summed E-state index contributed by atoms with van der Waals surface area (Å²) < 4.78 is 5.42. The number of nitrogens with zero attached hydrogens (tertiary/aromatic N) is 3. The van der Waals surface area contributed by atoms with E-state index in [9.17, 15) is 0 Å². The molecule has 1 atom stereocenters. The molecule has 1 aromatic carbocycles. The highest BCUT2D eigenvalue weighted by Gasteiger charge is 2.22. The van der Waals surface area contributed by atoms with Gasteiger partial charge in [-0.15, -0.1) is 24.0 Å². The molecule has 0 aromatic heterocycles. The Hall–Kier alpha value is -0.900. The van der Waals surface area contributed by atoms with Gasteiger partial charge in [-0.1, -0.05) is 31.2 Å². The van der Waals surface area contributed by atoms with Gasteiger partial charge in [-0.25, -0.2) is 0 Å². The van der Waals surface area contributed by atoms with E-state index in [-0.39, 0.29) is 24.0 Å². The Bertz CT molecular complexity index is 636. The van der Waals surface area contributed by atoms with Crippen molar-refractivity contribution >= 4 is 29.9 Å². The van der Waals surface area contributed by atoms with Crippen LogP contribution in [0.3, 0.4) is 0 Å². The van der Waals surface area contributed by atoms with Crippen molar-refractivity contribution in [1.82, 2.24) is 20.4 Å². The number of fused-ring (bicyclic) bond motifs is 1. The smallest absolute Gasteiger partial charge is 0.191 e. The number of aliphatic imine (C=N–C) groups is 1. The lowest BCUT2D eigenvalue weighted by molar-refractivity contribution is 0.0376. The van der Waals surface area contributed by atoms with Crippen LogP contribution in [0.15, 0.2) is 29.3 Å². The number of hydrogen-bond donors (Lipinski definition) is 2. The minimum Gasteiger partial charge on any atom is -0.379 e. The van der Waals surface area contributed by atoms with Crippen molar-refractivity contribution in [3.8, 4) is 0 Å². The summed E-state index contributed by atoms with van der Waals surface area (Å²) in [5, 5.41) is 6.93. The molecule has 0 spiro atoms. The summed E-state index contributed by atoms with van der Waals surface area (Å²) in [6.07, 6.45) is 3.41. The lowest BCUT2D eigenvalue weighted by atomic mass is 9.98. The van der Waals surface area contributed by atoms with Crippen LogP contribution >= 0.6 is 24.0 Å². The quantitative estimate of drug-likeness (QED) is 0.223. The molecule has 0 aliphatic carbocycles. The fraction of sp³-hybridized carbons (Fsp3) is 0.696. The predicted octanol–water partition coefficient (Wildman–Crippen LogP) is 2.72. The maximum absolute atomic E-state index is 5.42. The number of benzene rings is 1. The first-order chi connectivity index (χ1) is 14.3. The highest BCUT2D eigenvalue weighted by atomic mass is 127. The van der Waals surface area contributed by atoms with Gasteiger partial charge in [-0.05, 0) is 43.9 Å². The minimum atomic E-state index is 0. The summed E-state index contributed by atoms with van der Waals surface area (Å²) in [6, 6.07) is 9.36. The number of morpholine rings is 1. The maximum Gasteiger partial charge on any atom is 0.191 e. The van der Waals surface area contributed by atoms with Crippen molar-refractivity contribution in [3.05, 3.63) is 35.4 Å². The molecular weight excluding hydrogens is 489 g/mol. The van der Waals surface area contributed by atoms with Crippen molar-refractivity contribution in [2.45, 2.75) is 45.7 Å². The molecule has 0 amide bonds. The molecule has 0 saturated carbocycles. The van der Waals surface area contributed by atoms with Crippen LogP contribution in [-0.2, 0) is 17.7 Å². The Morgan fingerprint density at radius 3 is 2.60 bits per heavy atom. The van der Waals surface area contributed by atoms with Crippen LogP contribution in [0.5, 0.6) is 0 Å². The van der Waals surface area contributed by atoms with Gasteiger partial charge in [-0.3, -0.25) is 14.8 Å². The van der Waals surface area contributed by atoms with Gasteiger partial charge in [0.15, 0.2) is 5.96 Å². The Morgan fingerprint density at radius 1 is 1.10 bits per heavy atom. The van der Waals surface area contributed by atoms with E-state index in [0.717, 1.165) is 90.8 Å². The van der Waals surface area contributed by atoms with E-state index in [4.69, 9.17) is 9.73 Å². The first-order valence-corrected chi connectivity index (χ1v) is 11.4. The first-order valence-electron chi connectivity index (χ1n) is 11.4. The van der Waals surface area contributed by atoms with Crippen molar-refractivity contribution in [2.24, 2.45) is 4.99 Å². The molecule has 2 aliphatic rings. The van der Waals surface area contributed by atoms with Crippen LogP contribution in [0.1, 0.15) is 37.8 Å². The van der Waals surface area contributed by atoms with E-state index in [1.165, 1.54) is 11.1 Å². The van der Waals surface area contributed by atoms with Crippen molar-refractivity contribution < 1.29 is 4.74 Å². The number of guanidine groups is 1. The second-order valence-electron chi connectivity index (χ2n) is 8.01. The van der Waals surface area contributed by atoms with Crippen molar-refractivity contribution in [1.29, 1.82) is 0 Å². The third-order valence-corrected chi connectivity index (χ3v) is 6.00. The van der Waals surface area contributed by atoms with Gasteiger partial charge in [0.2, 0.25) is 0 Å². The van der Waals surface area contributed by atoms with Crippen molar-refractivity contribution in [3.63, 3.8) is 0 Å². The molecule has 0 radical (unpaired) electrons. The largest absolute Gasteiger partial charge is 0.379 e. The molecule has 2 N–H and O–H groups in total. The number of ether oxygens (including phenoxy) is 1. The summed E-state index contributed by atoms with van der Waals surface area (Å²) in [7, 11) is 0. The Morgan fingerprint density at radius 2 is 1.87 bits per heavy atom. The third-order valence-electron chi connectivity index (χ3n) is 6.00. The summed E-state index contributed by atoms with van der Waals surface area (Å²) in [5.74, 6) is 0.949. The van der Waals surface area contributed by atoms with Crippen LogP contribution in [-0.4, -0.2) is 80.8 Å². The molecule has 1 aromatic rings. The SMILES string of the molecule is CCNC(=NCC(CC)N1CCc2ccccc2C1)NCCCN1CCOCC1.I. The van der Waals surface area contributed by atoms with E-state index in [2.05, 4.69) is 58.5 Å². The lowest BCUT2D eigenvalue weighted by Crippen LogP contribution is -2.43. The standard InChI is InChI=1S/C23H39N5O.HI/c1-3-22(28-13-10-20-8-5-6-9-21(20)19-28)18-26-23(24-4-2)25-11-7-12-27-14-16-29-17-15-27;/h5-6,8-9,22H,3-4,7,10-19H2,1-2H3,(H2,24,25,26);1H. The number of hydrogen-bond acceptors (Lipinski definition) is 4. The van der Waals surface area contributed by atoms with Gasteiger partial charge in [0, 0.05) is 45.3 Å². The zero-order chi connectivity index (χ0) is 20.3. The molecule has 6 nitrogen and oxygen atoms in total. The second kappa shape index (κ2) is 14.2. The molecule has 7 heteroatoms. The Labute approximate surface area is 199 Å². The zero-order valence-corrected chi connectivity index (χ0v) is 21.1. The summed E-state index contributed by atoms with van der Waals surface area (Å²) >= 11 is 0. The summed E-state index contributed by atoms with van der Waals surface area (Å²) in [6.45, 7) is 14.3. The van der Waals surface area contributed by atoms with Gasteiger partial charge in [-0.2, -0.15) is 0 Å². The fourth-order valence-corrected chi connectivity index (χ4v) is 4.20. The molecule has 1 fully saturated rings. The molecule has 2 aliphatic heterocycles. The van der Waals surface area contributed by atoms with Gasteiger partial charge in [0.25, 0.3) is 0 Å². The van der Waals surface area contributed by atoms with E-state index >= 15 is 0 Å². The highest BCUT2D eigenvalue weighted by molar-refractivity contribution is 14.0. The first kappa shape index (κ1) is 25.4. The normalized spacial score (nSPS) is 18.9. The van der Waals surface area contributed by atoms with Crippen LogP contribution in [0.2, 0.25) is 0 Å². The molecular formula is C23H40IN5O. The van der Waals surface area contributed by atoms with E-state index in [0.29, 0.717) is 6.04 Å². The number of halogens is 1. The second-order valence-corrected chi connectivity index (χ2v) is 8.01. The molecule has 0 bridgehead atoms. The average molecular weight is 530 g/mol. The molecule has 170 valence electrons. The van der Waals surface area contributed by atoms with E-state index in [1.807, 2.05) is 0 Å². The van der Waals surface area contributed by atoms with Crippen LogP contribution in [0.4, 0.5) is 0 Å². The lowest BCUT2D eigenvalue weighted by Gasteiger charge is -2.34. The van der Waals surface area contributed by atoms with Gasteiger partial charge in [0.05, 0.1) is 19.8 Å². The average Bonchev–Trinajstić information content (AvgIpc) is 2.77. The van der Waals surface area contributed by atoms with Gasteiger partial charge >= 0.3 is 0 Å². The van der Waals surface area contributed by atoms with Gasteiger partial charge < -0.3 is 15.4 Å². The number of rotatable bonds is 9. The number of nitrogens with one attached hydrogen (secondary N) is 2. The maximum atomic E-state index is 5.42. The van der Waals surface area contributed by atoms with Crippen LogP contribution in [0, 0.1) is 0 Å². The molecule has 30 heavy (non-hydrogen) atoms. The fourth-order valence-electron chi connectivity index (χ4n) is 4.20. The van der Waals surface area contributed by atoms with Gasteiger partial charge in [0.1, 0.15) is 0 Å². The Kier molecular flexibility index (Phi) is 12.0. The summed E-state index contributed by atoms with van der Waals surface area (Å²) in [4.78, 5) is 10.0. The minimum absolute atomic E-state index is 0. The topological polar surface area (TPSA) is 52.1 Å².